The Morgan fingerprint density at radius 2 is 1.26 bits per heavy atom. The summed E-state index contributed by atoms with van der Waals surface area (Å²) in [5.74, 6) is 0.276. The van der Waals surface area contributed by atoms with Crippen LogP contribution in [0.4, 0.5) is 0 Å². The number of unbranched alkanes of at least 4 members (excludes halogenated alkanes) is 4. The van der Waals surface area contributed by atoms with Crippen molar-refractivity contribution in [3.8, 4) is 32.5 Å². The molecule has 0 spiro atoms. The molecule has 0 N–H and O–H groups in total. The molecule has 1 aromatic heterocycles. The van der Waals surface area contributed by atoms with E-state index in [1.165, 1.54) is 12.2 Å². The fourth-order valence-corrected chi connectivity index (χ4v) is 4.12. The van der Waals surface area contributed by atoms with Crippen molar-refractivity contribution in [1.29, 1.82) is 0 Å². The van der Waals surface area contributed by atoms with Crippen LogP contribution in [0.3, 0.4) is 0 Å². The van der Waals surface area contributed by atoms with Crippen molar-refractivity contribution in [2.75, 3.05) is 0 Å². The molecule has 0 saturated heterocycles. The number of carbonyl (C=O) groups is 2. The van der Waals surface area contributed by atoms with Gasteiger partial charge in [-0.2, -0.15) is 0 Å². The minimum Gasteiger partial charge on any atom is -0.423 e. The molecule has 0 unspecified atom stereocenters. The number of nitrogens with zero attached hydrogens (tertiary/aromatic N) is 1. The fourth-order valence-electron chi connectivity index (χ4n) is 3.20. The Balaban J connectivity index is 1.57. The van der Waals surface area contributed by atoms with Crippen molar-refractivity contribution in [2.45, 2.75) is 52.4 Å². The lowest BCUT2D eigenvalue weighted by Gasteiger charge is -2.03. The highest BCUT2D eigenvalue weighted by Crippen LogP contribution is 2.33. The molecule has 182 valence electrons. The van der Waals surface area contributed by atoms with Crippen LogP contribution in [0.25, 0.3) is 21.0 Å². The standard InChI is InChI=1S/C29H31NO4S/c1-3-5-7-9-11-27(31)33-24-17-13-22(14-18-24)26-21-30-29(35-26)23-15-19-25(20-16-23)34-28(32)12-10-8-6-4-2/h9-21H,3-8H2,1-2H3. The Morgan fingerprint density at radius 1 is 0.771 bits per heavy atom. The van der Waals surface area contributed by atoms with Crippen LogP contribution in [-0.2, 0) is 9.59 Å². The average molecular weight is 490 g/mol. The van der Waals surface area contributed by atoms with Crippen molar-refractivity contribution < 1.29 is 19.1 Å². The molecule has 3 aromatic rings. The molecule has 0 aliphatic rings. The van der Waals surface area contributed by atoms with Crippen LogP contribution >= 0.6 is 11.3 Å². The van der Waals surface area contributed by atoms with E-state index in [0.29, 0.717) is 11.5 Å². The molecule has 0 fully saturated rings. The zero-order valence-electron chi connectivity index (χ0n) is 20.2. The zero-order chi connectivity index (χ0) is 24.9. The molecule has 0 radical (unpaired) electrons. The van der Waals surface area contributed by atoms with E-state index in [2.05, 4.69) is 18.8 Å². The molecule has 0 atom stereocenters. The smallest absolute Gasteiger partial charge is 0.335 e. The summed E-state index contributed by atoms with van der Waals surface area (Å²) >= 11 is 1.56. The van der Waals surface area contributed by atoms with Gasteiger partial charge in [-0.15, -0.1) is 11.3 Å². The van der Waals surface area contributed by atoms with Crippen LogP contribution in [0.1, 0.15) is 52.4 Å². The summed E-state index contributed by atoms with van der Waals surface area (Å²) in [4.78, 5) is 29.3. The van der Waals surface area contributed by atoms with Crippen molar-refractivity contribution >= 4 is 23.3 Å². The van der Waals surface area contributed by atoms with Gasteiger partial charge in [-0.3, -0.25) is 0 Å². The Kier molecular flexibility index (Phi) is 10.5. The predicted molar refractivity (Wildman–Crippen MR) is 142 cm³/mol. The Labute approximate surface area is 211 Å². The van der Waals surface area contributed by atoms with E-state index in [4.69, 9.17) is 9.47 Å². The van der Waals surface area contributed by atoms with Gasteiger partial charge in [0.1, 0.15) is 16.5 Å². The first-order valence-corrected chi connectivity index (χ1v) is 12.8. The summed E-state index contributed by atoms with van der Waals surface area (Å²) in [5, 5.41) is 0.866. The topological polar surface area (TPSA) is 65.5 Å². The number of thiazole rings is 1. The van der Waals surface area contributed by atoms with E-state index >= 15 is 0 Å². The van der Waals surface area contributed by atoms with Gasteiger partial charge in [0, 0.05) is 23.9 Å². The molecule has 0 saturated carbocycles. The maximum Gasteiger partial charge on any atom is 0.335 e. The monoisotopic (exact) mass is 489 g/mol. The Hall–Kier alpha value is -3.51. The fraction of sp³-hybridized carbons (Fsp3) is 0.276. The van der Waals surface area contributed by atoms with Crippen molar-refractivity contribution in [1.82, 2.24) is 4.98 Å². The SMILES string of the molecule is CCCCC=CC(=O)Oc1ccc(-c2cnc(-c3ccc(OC(=O)C=CCCCC)cc3)s2)cc1. The minimum atomic E-state index is -0.368. The molecule has 5 nitrogen and oxygen atoms in total. The van der Waals surface area contributed by atoms with Gasteiger partial charge in [-0.05, 0) is 66.9 Å². The quantitative estimate of drug-likeness (QED) is 0.112. The minimum absolute atomic E-state index is 0.365. The summed E-state index contributed by atoms with van der Waals surface area (Å²) in [6.45, 7) is 4.23. The highest BCUT2D eigenvalue weighted by molar-refractivity contribution is 7.18. The number of aromatic nitrogens is 1. The molecule has 0 aliphatic carbocycles. The molecule has 2 aromatic carbocycles. The lowest BCUT2D eigenvalue weighted by atomic mass is 10.2. The summed E-state index contributed by atoms with van der Waals surface area (Å²) in [7, 11) is 0. The highest BCUT2D eigenvalue weighted by Gasteiger charge is 2.09. The van der Waals surface area contributed by atoms with E-state index in [-0.39, 0.29) is 11.9 Å². The van der Waals surface area contributed by atoms with Crippen molar-refractivity contribution in [2.24, 2.45) is 0 Å². The summed E-state index contributed by atoms with van der Waals surface area (Å²) in [6.07, 6.45) is 14.5. The number of carbonyl (C=O) groups excluding carboxylic acids is 2. The maximum absolute atomic E-state index is 11.9. The number of allylic oxidation sites excluding steroid dienone is 2. The van der Waals surface area contributed by atoms with Crippen LogP contribution in [0.5, 0.6) is 11.5 Å². The first kappa shape index (κ1) is 26.1. The van der Waals surface area contributed by atoms with Gasteiger partial charge < -0.3 is 9.47 Å². The molecule has 35 heavy (non-hydrogen) atoms. The van der Waals surface area contributed by atoms with Crippen molar-refractivity contribution in [3.63, 3.8) is 0 Å². The number of ether oxygens (including phenoxy) is 2. The van der Waals surface area contributed by atoms with Crippen LogP contribution in [0.2, 0.25) is 0 Å². The van der Waals surface area contributed by atoms with Gasteiger partial charge in [0.2, 0.25) is 0 Å². The first-order valence-electron chi connectivity index (χ1n) is 12.0. The molecule has 6 heteroatoms. The van der Waals surface area contributed by atoms with Crippen molar-refractivity contribution in [3.05, 3.63) is 79.0 Å². The maximum atomic E-state index is 11.9. The van der Waals surface area contributed by atoms with Gasteiger partial charge in [0.25, 0.3) is 0 Å². The van der Waals surface area contributed by atoms with Crippen LogP contribution in [0, 0.1) is 0 Å². The van der Waals surface area contributed by atoms with Gasteiger partial charge in [-0.25, -0.2) is 14.6 Å². The van der Waals surface area contributed by atoms with E-state index in [9.17, 15) is 9.59 Å². The number of esters is 2. The summed E-state index contributed by atoms with van der Waals surface area (Å²) in [5.41, 5.74) is 1.94. The molecule has 0 bridgehead atoms. The van der Waals surface area contributed by atoms with Gasteiger partial charge in [-0.1, -0.05) is 51.7 Å². The first-order chi connectivity index (χ1) is 17.1. The zero-order valence-corrected chi connectivity index (χ0v) is 21.1. The second-order valence-corrected chi connectivity index (χ2v) is 9.04. The lowest BCUT2D eigenvalue weighted by Crippen LogP contribution is -2.03. The normalized spacial score (nSPS) is 11.3. The second kappa shape index (κ2) is 14.0. The van der Waals surface area contributed by atoms with E-state index in [1.807, 2.05) is 42.6 Å². The number of hydrogen-bond donors (Lipinski definition) is 0. The van der Waals surface area contributed by atoms with E-state index in [1.54, 1.807) is 35.6 Å². The van der Waals surface area contributed by atoms with Crippen LogP contribution in [0.15, 0.2) is 79.0 Å². The van der Waals surface area contributed by atoms with Gasteiger partial charge >= 0.3 is 11.9 Å². The Bertz CT molecular complexity index is 1050. The number of hydrogen-bond acceptors (Lipinski definition) is 6. The lowest BCUT2D eigenvalue weighted by molar-refractivity contribution is -0.129. The number of benzene rings is 2. The summed E-state index contributed by atoms with van der Waals surface area (Å²) in [6, 6.07) is 14.7. The van der Waals surface area contributed by atoms with Gasteiger partial charge in [0.05, 0.1) is 4.88 Å². The van der Waals surface area contributed by atoms with Crippen LogP contribution < -0.4 is 9.47 Å². The largest absolute Gasteiger partial charge is 0.423 e. The van der Waals surface area contributed by atoms with E-state index < -0.39 is 0 Å². The molecule has 0 aliphatic heterocycles. The Morgan fingerprint density at radius 3 is 1.74 bits per heavy atom. The third-order valence-corrected chi connectivity index (χ3v) is 6.23. The van der Waals surface area contributed by atoms with E-state index in [0.717, 1.165) is 59.5 Å². The molecule has 0 amide bonds. The average Bonchev–Trinajstić information content (AvgIpc) is 3.36. The molecule has 1 heterocycles. The number of rotatable bonds is 12. The molecular formula is C29H31NO4S. The highest BCUT2D eigenvalue weighted by atomic mass is 32.1. The van der Waals surface area contributed by atoms with Crippen LogP contribution in [-0.4, -0.2) is 16.9 Å². The predicted octanol–water partition coefficient (Wildman–Crippen LogP) is 7.78. The third kappa shape index (κ3) is 8.65. The van der Waals surface area contributed by atoms with Gasteiger partial charge in [0.15, 0.2) is 0 Å². The molecular weight excluding hydrogens is 458 g/mol. The summed E-state index contributed by atoms with van der Waals surface area (Å²) < 4.78 is 10.7. The third-order valence-electron chi connectivity index (χ3n) is 5.14. The molecule has 3 rings (SSSR count). The second-order valence-electron chi connectivity index (χ2n) is 8.01.